The Balaban J connectivity index is 2.40. The van der Waals surface area contributed by atoms with Crippen LogP contribution in [0.4, 0.5) is 5.82 Å². The highest BCUT2D eigenvalue weighted by molar-refractivity contribution is 5.23. The summed E-state index contributed by atoms with van der Waals surface area (Å²) in [5, 5.41) is 35.5. The third kappa shape index (κ3) is 2.39. The van der Waals surface area contributed by atoms with Crippen LogP contribution in [0.15, 0.2) is 27.4 Å². The van der Waals surface area contributed by atoms with Crippen LogP contribution >= 0.6 is 0 Å². The van der Waals surface area contributed by atoms with Crippen LogP contribution in [0.5, 0.6) is 0 Å². The molecule has 4 atom stereocenters. The van der Waals surface area contributed by atoms with E-state index in [0.29, 0.717) is 0 Å². The molecule has 112 valence electrons. The molecule has 2 rings (SSSR count). The summed E-state index contributed by atoms with van der Waals surface area (Å²) < 4.78 is 6.21. The molecule has 0 amide bonds. The van der Waals surface area contributed by atoms with Gasteiger partial charge in [0.2, 0.25) is 0 Å². The summed E-state index contributed by atoms with van der Waals surface area (Å²) >= 11 is 0. The fourth-order valence-electron chi connectivity index (χ4n) is 2.02. The van der Waals surface area contributed by atoms with E-state index < -0.39 is 36.3 Å². The fourth-order valence-corrected chi connectivity index (χ4v) is 2.02. The SMILES string of the molecule is C#C[C@]1(CO)O[C@@H](n2ccc(N=NN)nc2=O)[C@H](O)[C@@H]1O. The average molecular weight is 295 g/mol. The van der Waals surface area contributed by atoms with E-state index in [1.54, 1.807) is 0 Å². The Morgan fingerprint density at radius 2 is 2.33 bits per heavy atom. The summed E-state index contributed by atoms with van der Waals surface area (Å²) in [6.07, 6.45) is 2.07. The summed E-state index contributed by atoms with van der Waals surface area (Å²) in [5.74, 6) is 6.90. The van der Waals surface area contributed by atoms with Crippen LogP contribution in [-0.2, 0) is 4.74 Å². The normalized spacial score (nSPS) is 32.4. The molecule has 10 heteroatoms. The van der Waals surface area contributed by atoms with Crippen molar-refractivity contribution >= 4 is 5.82 Å². The van der Waals surface area contributed by atoms with Crippen molar-refractivity contribution in [3.8, 4) is 12.3 Å². The topological polar surface area (TPSA) is 156 Å². The molecule has 0 bridgehead atoms. The average Bonchev–Trinajstić information content (AvgIpc) is 2.73. The van der Waals surface area contributed by atoms with Crippen molar-refractivity contribution in [2.75, 3.05) is 6.61 Å². The molecule has 2 heterocycles. The molecule has 0 spiro atoms. The van der Waals surface area contributed by atoms with Crippen molar-refractivity contribution in [1.29, 1.82) is 0 Å². The molecule has 0 unspecified atom stereocenters. The van der Waals surface area contributed by atoms with Gasteiger partial charge in [0.15, 0.2) is 17.6 Å². The number of aliphatic hydroxyl groups is 3. The lowest BCUT2D eigenvalue weighted by atomic mass is 9.97. The summed E-state index contributed by atoms with van der Waals surface area (Å²) in [4.78, 5) is 15.4. The van der Waals surface area contributed by atoms with E-state index in [2.05, 4.69) is 21.2 Å². The van der Waals surface area contributed by atoms with Crippen molar-refractivity contribution in [2.45, 2.75) is 24.0 Å². The quantitative estimate of drug-likeness (QED) is 0.214. The van der Waals surface area contributed by atoms with Gasteiger partial charge in [0.05, 0.1) is 6.61 Å². The number of rotatable bonds is 3. The summed E-state index contributed by atoms with van der Waals surface area (Å²) in [7, 11) is 0. The molecule has 21 heavy (non-hydrogen) atoms. The van der Waals surface area contributed by atoms with Gasteiger partial charge in [-0.25, -0.2) is 4.79 Å². The maximum atomic E-state index is 11.9. The van der Waals surface area contributed by atoms with Crippen molar-refractivity contribution in [2.24, 2.45) is 16.2 Å². The lowest BCUT2D eigenvalue weighted by Crippen LogP contribution is -2.45. The largest absolute Gasteiger partial charge is 0.392 e. The Bertz CT molecular complexity index is 653. The molecule has 1 aliphatic rings. The molecule has 0 saturated carbocycles. The first-order chi connectivity index (χ1) is 9.99. The van der Waals surface area contributed by atoms with Gasteiger partial charge in [0.25, 0.3) is 0 Å². The predicted molar refractivity (Wildman–Crippen MR) is 68.0 cm³/mol. The van der Waals surface area contributed by atoms with E-state index in [9.17, 15) is 20.1 Å². The van der Waals surface area contributed by atoms with E-state index in [1.165, 1.54) is 12.3 Å². The maximum Gasteiger partial charge on any atom is 0.351 e. The van der Waals surface area contributed by atoms with Crippen LogP contribution in [0.25, 0.3) is 0 Å². The van der Waals surface area contributed by atoms with Gasteiger partial charge in [-0.1, -0.05) is 11.1 Å². The number of aromatic nitrogens is 2. The second-order valence-electron chi connectivity index (χ2n) is 4.33. The van der Waals surface area contributed by atoms with E-state index in [-0.39, 0.29) is 5.82 Å². The Morgan fingerprint density at radius 3 is 2.81 bits per heavy atom. The van der Waals surface area contributed by atoms with Crippen LogP contribution in [0.1, 0.15) is 6.23 Å². The highest BCUT2D eigenvalue weighted by atomic mass is 16.6. The zero-order valence-electron chi connectivity index (χ0n) is 10.7. The minimum Gasteiger partial charge on any atom is -0.392 e. The third-order valence-electron chi connectivity index (χ3n) is 3.15. The van der Waals surface area contributed by atoms with Gasteiger partial charge in [-0.2, -0.15) is 4.98 Å². The van der Waals surface area contributed by atoms with Gasteiger partial charge in [-0.3, -0.25) is 4.57 Å². The highest BCUT2D eigenvalue weighted by Crippen LogP contribution is 2.35. The molecule has 10 nitrogen and oxygen atoms in total. The number of nitrogens with two attached hydrogens (primary N) is 1. The monoisotopic (exact) mass is 295 g/mol. The van der Waals surface area contributed by atoms with Crippen molar-refractivity contribution in [3.63, 3.8) is 0 Å². The Hall–Kier alpha value is -2.32. The van der Waals surface area contributed by atoms with Crippen LogP contribution < -0.4 is 11.5 Å². The number of nitrogens with zero attached hydrogens (tertiary/aromatic N) is 4. The van der Waals surface area contributed by atoms with Crippen molar-refractivity contribution in [3.05, 3.63) is 22.7 Å². The molecule has 1 saturated heterocycles. The molecule has 1 aromatic rings. The minimum atomic E-state index is -1.79. The summed E-state index contributed by atoms with van der Waals surface area (Å²) in [5.41, 5.74) is -2.61. The minimum absolute atomic E-state index is 0.0304. The van der Waals surface area contributed by atoms with Gasteiger partial charge in [-0.05, 0) is 0 Å². The lowest BCUT2D eigenvalue weighted by Gasteiger charge is -2.23. The molecule has 1 aliphatic heterocycles. The number of aliphatic hydroxyl groups excluding tert-OH is 3. The first-order valence-corrected chi connectivity index (χ1v) is 5.82. The summed E-state index contributed by atoms with van der Waals surface area (Å²) in [6.45, 7) is -0.722. The predicted octanol–water partition coefficient (Wildman–Crippen LogP) is -2.18. The van der Waals surface area contributed by atoms with E-state index >= 15 is 0 Å². The molecular formula is C11H13N5O5. The van der Waals surface area contributed by atoms with Gasteiger partial charge < -0.3 is 25.9 Å². The molecule has 0 aliphatic carbocycles. The zero-order valence-corrected chi connectivity index (χ0v) is 10.7. The molecule has 0 radical (unpaired) electrons. The lowest BCUT2D eigenvalue weighted by molar-refractivity contribution is -0.0936. The highest BCUT2D eigenvalue weighted by Gasteiger charge is 2.54. The van der Waals surface area contributed by atoms with Gasteiger partial charge in [0.1, 0.15) is 12.2 Å². The zero-order chi connectivity index (χ0) is 15.6. The smallest absolute Gasteiger partial charge is 0.351 e. The van der Waals surface area contributed by atoms with Crippen LogP contribution in [0, 0.1) is 12.3 Å². The van der Waals surface area contributed by atoms with Crippen LogP contribution in [0.3, 0.4) is 0 Å². The third-order valence-corrected chi connectivity index (χ3v) is 3.15. The Labute approximate surface area is 118 Å². The van der Waals surface area contributed by atoms with Gasteiger partial charge >= 0.3 is 5.69 Å². The van der Waals surface area contributed by atoms with Gasteiger partial charge in [0, 0.05) is 12.3 Å². The maximum absolute atomic E-state index is 11.9. The van der Waals surface area contributed by atoms with Crippen molar-refractivity contribution in [1.82, 2.24) is 9.55 Å². The van der Waals surface area contributed by atoms with E-state index in [1.807, 2.05) is 0 Å². The second kappa shape index (κ2) is 5.58. The fraction of sp³-hybridized carbons (Fsp3) is 0.455. The van der Waals surface area contributed by atoms with Gasteiger partial charge in [-0.15, -0.1) is 11.5 Å². The number of terminal acetylenes is 1. The van der Waals surface area contributed by atoms with E-state index in [4.69, 9.17) is 17.0 Å². The standard InChI is InChI=1S/C11H13N5O5/c1-2-11(5-17)8(19)7(18)9(21-11)16-4-3-6(14-15-12)13-10(16)20/h1,3-4,7-9,17-19H,5H2,(H2,12,13,14,20)/t7-,8+,9-,11-/m1/s1. The molecular weight excluding hydrogens is 282 g/mol. The first-order valence-electron chi connectivity index (χ1n) is 5.82. The molecule has 1 aromatic heterocycles. The Kier molecular flexibility index (Phi) is 4.01. The molecule has 5 N–H and O–H groups in total. The van der Waals surface area contributed by atoms with Crippen LogP contribution in [-0.4, -0.2) is 49.3 Å². The summed E-state index contributed by atoms with van der Waals surface area (Å²) in [6, 6.07) is 1.30. The second-order valence-corrected chi connectivity index (χ2v) is 4.33. The van der Waals surface area contributed by atoms with E-state index in [0.717, 1.165) is 4.57 Å². The molecule has 1 fully saturated rings. The van der Waals surface area contributed by atoms with Crippen molar-refractivity contribution < 1.29 is 20.1 Å². The number of hydrogen-bond donors (Lipinski definition) is 4. The van der Waals surface area contributed by atoms with Crippen LogP contribution in [0.2, 0.25) is 0 Å². The number of hydrogen-bond acceptors (Lipinski definition) is 8. The number of ether oxygens (including phenoxy) is 1. The first kappa shape index (κ1) is 15.1. The Morgan fingerprint density at radius 1 is 1.62 bits per heavy atom. The molecule has 0 aromatic carbocycles.